The molecule has 68 valence electrons. The third-order valence-electron chi connectivity index (χ3n) is 1.77. The molecule has 0 fully saturated rings. The molecule has 0 atom stereocenters. The van der Waals surface area contributed by atoms with Crippen LogP contribution >= 0.6 is 0 Å². The van der Waals surface area contributed by atoms with Crippen molar-refractivity contribution in [2.75, 3.05) is 0 Å². The van der Waals surface area contributed by atoms with E-state index in [9.17, 15) is 0 Å². The van der Waals surface area contributed by atoms with Crippen molar-refractivity contribution in [2.24, 2.45) is 0 Å². The van der Waals surface area contributed by atoms with Gasteiger partial charge in [-0.25, -0.2) is 0 Å². The van der Waals surface area contributed by atoms with Gasteiger partial charge < -0.3 is 5.32 Å². The molecular formula is C12H10NTi-. The summed E-state index contributed by atoms with van der Waals surface area (Å²) in [6.45, 7) is 0. The van der Waals surface area contributed by atoms with Crippen molar-refractivity contribution in [3.05, 3.63) is 66.0 Å². The average molecular weight is 216 g/mol. The van der Waals surface area contributed by atoms with Crippen LogP contribution in [-0.2, 0) is 21.7 Å². The molecule has 0 aliphatic heterocycles. The summed E-state index contributed by atoms with van der Waals surface area (Å²) in [6, 6.07) is 19.9. The maximum Gasteiger partial charge on any atom is 0 e. The van der Waals surface area contributed by atoms with E-state index in [2.05, 4.69) is 5.32 Å². The summed E-state index contributed by atoms with van der Waals surface area (Å²) in [4.78, 5) is 0. The number of rotatable bonds is 2. The van der Waals surface area contributed by atoms with E-state index < -0.39 is 0 Å². The minimum Gasteiger partial charge on any atom is -0.658 e. The Morgan fingerprint density at radius 2 is 0.929 bits per heavy atom. The van der Waals surface area contributed by atoms with Crippen molar-refractivity contribution >= 4 is 11.4 Å². The molecule has 0 spiro atoms. The van der Waals surface area contributed by atoms with Crippen LogP contribution < -0.4 is 0 Å². The summed E-state index contributed by atoms with van der Waals surface area (Å²) in [5.74, 6) is 0. The van der Waals surface area contributed by atoms with Gasteiger partial charge >= 0.3 is 0 Å². The van der Waals surface area contributed by atoms with E-state index in [1.165, 1.54) is 0 Å². The second kappa shape index (κ2) is 5.64. The first-order valence-electron chi connectivity index (χ1n) is 4.27. The van der Waals surface area contributed by atoms with Crippen molar-refractivity contribution in [1.29, 1.82) is 0 Å². The van der Waals surface area contributed by atoms with Gasteiger partial charge in [0.1, 0.15) is 0 Å². The van der Waals surface area contributed by atoms with E-state index >= 15 is 0 Å². The molecule has 0 amide bonds. The van der Waals surface area contributed by atoms with Gasteiger partial charge in [0.2, 0.25) is 0 Å². The van der Waals surface area contributed by atoms with Gasteiger partial charge in [0.25, 0.3) is 0 Å². The predicted octanol–water partition coefficient (Wildman–Crippen LogP) is 4.02. The zero-order valence-corrected chi connectivity index (χ0v) is 9.28. The molecule has 1 nitrogen and oxygen atoms in total. The Labute approximate surface area is 99.0 Å². The zero-order chi connectivity index (χ0) is 8.93. The quantitative estimate of drug-likeness (QED) is 0.673. The van der Waals surface area contributed by atoms with Crippen molar-refractivity contribution < 1.29 is 21.7 Å². The molecule has 14 heavy (non-hydrogen) atoms. The largest absolute Gasteiger partial charge is 0.658 e. The van der Waals surface area contributed by atoms with E-state index in [1.807, 2.05) is 60.7 Å². The molecular weight excluding hydrogens is 206 g/mol. The van der Waals surface area contributed by atoms with Crippen molar-refractivity contribution in [1.82, 2.24) is 0 Å². The second-order valence-corrected chi connectivity index (χ2v) is 2.78. The van der Waals surface area contributed by atoms with E-state index in [0.29, 0.717) is 0 Å². The monoisotopic (exact) mass is 216 g/mol. The zero-order valence-electron chi connectivity index (χ0n) is 7.72. The minimum atomic E-state index is 0. The number of hydrogen-bond donors (Lipinski definition) is 0. The van der Waals surface area contributed by atoms with Crippen LogP contribution in [0.4, 0.5) is 11.4 Å². The predicted molar refractivity (Wildman–Crippen MR) is 55.6 cm³/mol. The van der Waals surface area contributed by atoms with Crippen LogP contribution in [0, 0.1) is 0 Å². The maximum absolute atomic E-state index is 4.44. The molecule has 0 aliphatic rings. The van der Waals surface area contributed by atoms with Gasteiger partial charge in [-0.3, -0.25) is 0 Å². The van der Waals surface area contributed by atoms with Crippen LogP contribution in [0.1, 0.15) is 0 Å². The molecule has 0 aliphatic carbocycles. The fourth-order valence-electron chi connectivity index (χ4n) is 1.15. The number of para-hydroxylation sites is 2. The summed E-state index contributed by atoms with van der Waals surface area (Å²) in [7, 11) is 0. The topological polar surface area (TPSA) is 14.1 Å². The van der Waals surface area contributed by atoms with Crippen molar-refractivity contribution in [3.8, 4) is 0 Å². The van der Waals surface area contributed by atoms with Gasteiger partial charge in [0.15, 0.2) is 0 Å². The number of nitrogens with zero attached hydrogens (tertiary/aromatic N) is 1. The number of hydrogen-bond acceptors (Lipinski definition) is 0. The molecule has 0 unspecified atom stereocenters. The Bertz CT molecular complexity index is 321. The van der Waals surface area contributed by atoms with E-state index in [1.54, 1.807) is 0 Å². The minimum absolute atomic E-state index is 0. The second-order valence-electron chi connectivity index (χ2n) is 2.78. The van der Waals surface area contributed by atoms with Crippen LogP contribution in [-0.4, -0.2) is 0 Å². The SMILES string of the molecule is [Ti].c1ccc([N-]c2ccccc2)cc1. The molecule has 0 N–H and O–H groups in total. The summed E-state index contributed by atoms with van der Waals surface area (Å²) in [5.41, 5.74) is 1.99. The summed E-state index contributed by atoms with van der Waals surface area (Å²) in [6.07, 6.45) is 0. The fourth-order valence-corrected chi connectivity index (χ4v) is 1.15. The third kappa shape index (κ3) is 3.02. The van der Waals surface area contributed by atoms with Gasteiger partial charge in [-0.1, -0.05) is 60.7 Å². The van der Waals surface area contributed by atoms with Crippen LogP contribution in [0.25, 0.3) is 5.32 Å². The van der Waals surface area contributed by atoms with Crippen molar-refractivity contribution in [2.45, 2.75) is 0 Å². The summed E-state index contributed by atoms with van der Waals surface area (Å²) < 4.78 is 0. The molecule has 0 heterocycles. The first-order chi connectivity index (χ1) is 6.45. The van der Waals surface area contributed by atoms with Gasteiger partial charge in [0, 0.05) is 21.7 Å². The first kappa shape index (κ1) is 11.0. The molecule has 2 rings (SSSR count). The van der Waals surface area contributed by atoms with E-state index in [-0.39, 0.29) is 21.7 Å². The fraction of sp³-hybridized carbons (Fsp3) is 0. The molecule has 0 saturated heterocycles. The Balaban J connectivity index is 0.000000980. The first-order valence-corrected chi connectivity index (χ1v) is 4.27. The van der Waals surface area contributed by atoms with Crippen LogP contribution in [0.15, 0.2) is 60.7 Å². The van der Waals surface area contributed by atoms with Gasteiger partial charge in [0.05, 0.1) is 0 Å². The Kier molecular flexibility index (Phi) is 4.44. The summed E-state index contributed by atoms with van der Waals surface area (Å²) >= 11 is 0. The summed E-state index contributed by atoms with van der Waals surface area (Å²) in [5, 5.41) is 4.44. The van der Waals surface area contributed by atoms with Gasteiger partial charge in [-0.15, -0.1) is 11.4 Å². The molecule has 2 heteroatoms. The molecule has 0 aromatic heterocycles. The third-order valence-corrected chi connectivity index (χ3v) is 1.77. The van der Waals surface area contributed by atoms with Gasteiger partial charge in [-0.2, -0.15) is 0 Å². The Hall–Kier alpha value is -1.05. The van der Waals surface area contributed by atoms with Crippen molar-refractivity contribution in [3.63, 3.8) is 0 Å². The number of benzene rings is 2. The van der Waals surface area contributed by atoms with E-state index in [0.717, 1.165) is 11.4 Å². The van der Waals surface area contributed by atoms with Gasteiger partial charge in [-0.05, 0) is 0 Å². The smallest absolute Gasteiger partial charge is 0 e. The molecule has 2 aromatic carbocycles. The van der Waals surface area contributed by atoms with Crippen LogP contribution in [0.3, 0.4) is 0 Å². The average Bonchev–Trinajstić information content (AvgIpc) is 2.21. The standard InChI is InChI=1S/C12H10N.Ti/c1-3-7-11(8-4-1)13-12-9-5-2-6-10-12;/h1-10H;/q-1;. The Morgan fingerprint density at radius 1 is 0.571 bits per heavy atom. The molecule has 0 saturated carbocycles. The normalized spacial score (nSPS) is 8.86. The molecule has 0 radical (unpaired) electrons. The Morgan fingerprint density at radius 3 is 1.29 bits per heavy atom. The van der Waals surface area contributed by atoms with Crippen LogP contribution in [0.2, 0.25) is 0 Å². The van der Waals surface area contributed by atoms with E-state index in [4.69, 9.17) is 0 Å². The maximum atomic E-state index is 4.44. The molecule has 0 bridgehead atoms. The van der Waals surface area contributed by atoms with Crippen LogP contribution in [0.5, 0.6) is 0 Å². The molecule has 2 aromatic rings.